The summed E-state index contributed by atoms with van der Waals surface area (Å²) in [7, 11) is 1.64. The fraction of sp³-hybridized carbons (Fsp3) is 0.400. The Morgan fingerprint density at radius 1 is 1.38 bits per heavy atom. The first-order valence-electron chi connectivity index (χ1n) is 4.33. The molecule has 0 saturated carbocycles. The molecule has 1 rings (SSSR count). The number of benzene rings is 1. The molecule has 0 aliphatic heterocycles. The Bertz CT molecular complexity index is 284. The van der Waals surface area contributed by atoms with Crippen molar-refractivity contribution in [3.63, 3.8) is 0 Å². The highest BCUT2D eigenvalue weighted by Crippen LogP contribution is 2.26. The van der Waals surface area contributed by atoms with Crippen molar-refractivity contribution in [3.8, 4) is 5.75 Å². The van der Waals surface area contributed by atoms with Gasteiger partial charge in [0.1, 0.15) is 5.75 Å². The first-order valence-corrected chi connectivity index (χ1v) is 4.33. The van der Waals surface area contributed by atoms with Crippen LogP contribution in [0, 0.1) is 0 Å². The molecule has 0 bridgehead atoms. The highest BCUT2D eigenvalue weighted by molar-refractivity contribution is 5.62. The van der Waals surface area contributed by atoms with Gasteiger partial charge in [-0.15, -0.1) is 0 Å². The normalized spacial score (nSPS) is 10.2. The minimum absolute atomic E-state index is 0.387. The third kappa shape index (κ3) is 2.54. The predicted molar refractivity (Wildman–Crippen MR) is 56.2 cm³/mol. The van der Waals surface area contributed by atoms with Crippen molar-refractivity contribution in [3.05, 3.63) is 18.2 Å². The van der Waals surface area contributed by atoms with Crippen LogP contribution in [0.4, 0.5) is 11.4 Å². The molecular formula is C10H16N2O. The van der Waals surface area contributed by atoms with Crippen LogP contribution in [0.1, 0.15) is 13.8 Å². The van der Waals surface area contributed by atoms with Crippen LogP contribution in [-0.2, 0) is 0 Å². The molecule has 3 heteroatoms. The van der Waals surface area contributed by atoms with E-state index in [0.717, 1.165) is 11.4 Å². The lowest BCUT2D eigenvalue weighted by molar-refractivity contribution is 0.416. The van der Waals surface area contributed by atoms with Crippen molar-refractivity contribution >= 4 is 11.4 Å². The van der Waals surface area contributed by atoms with E-state index in [1.165, 1.54) is 0 Å². The molecule has 0 aliphatic carbocycles. The molecule has 0 heterocycles. The molecule has 0 aromatic heterocycles. The highest BCUT2D eigenvalue weighted by Gasteiger charge is 2.03. The highest BCUT2D eigenvalue weighted by atomic mass is 16.5. The van der Waals surface area contributed by atoms with Crippen LogP contribution in [0.2, 0.25) is 0 Å². The van der Waals surface area contributed by atoms with Gasteiger partial charge in [0.05, 0.1) is 12.8 Å². The maximum absolute atomic E-state index is 5.63. The molecule has 0 saturated heterocycles. The van der Waals surface area contributed by atoms with E-state index in [1.807, 2.05) is 18.2 Å². The van der Waals surface area contributed by atoms with Gasteiger partial charge >= 0.3 is 0 Å². The number of nitrogen functional groups attached to an aromatic ring is 1. The van der Waals surface area contributed by atoms with Crippen LogP contribution in [0.5, 0.6) is 5.75 Å². The summed E-state index contributed by atoms with van der Waals surface area (Å²) in [6.45, 7) is 4.16. The van der Waals surface area contributed by atoms with Crippen LogP contribution in [0.3, 0.4) is 0 Å². The molecule has 0 spiro atoms. The zero-order valence-electron chi connectivity index (χ0n) is 8.29. The van der Waals surface area contributed by atoms with E-state index in [-0.39, 0.29) is 0 Å². The van der Waals surface area contributed by atoms with E-state index in [9.17, 15) is 0 Å². The second-order valence-corrected chi connectivity index (χ2v) is 3.26. The Balaban J connectivity index is 2.92. The minimum Gasteiger partial charge on any atom is -0.495 e. The number of methoxy groups -OCH3 is 1. The fourth-order valence-electron chi connectivity index (χ4n) is 1.14. The molecular weight excluding hydrogens is 164 g/mol. The summed E-state index contributed by atoms with van der Waals surface area (Å²) in [5.41, 5.74) is 7.32. The number of nitrogens with one attached hydrogen (secondary N) is 1. The van der Waals surface area contributed by atoms with E-state index < -0.39 is 0 Å². The third-order valence-electron chi connectivity index (χ3n) is 1.67. The lowest BCUT2D eigenvalue weighted by atomic mass is 10.2. The summed E-state index contributed by atoms with van der Waals surface area (Å²) in [6.07, 6.45) is 0. The van der Waals surface area contributed by atoms with Gasteiger partial charge in [-0.25, -0.2) is 0 Å². The molecule has 13 heavy (non-hydrogen) atoms. The molecule has 0 unspecified atom stereocenters. The Morgan fingerprint density at radius 3 is 2.62 bits per heavy atom. The van der Waals surface area contributed by atoms with Gasteiger partial charge in [0.25, 0.3) is 0 Å². The van der Waals surface area contributed by atoms with Gasteiger partial charge < -0.3 is 15.8 Å². The second-order valence-electron chi connectivity index (χ2n) is 3.26. The lowest BCUT2D eigenvalue weighted by Gasteiger charge is -2.14. The summed E-state index contributed by atoms with van der Waals surface area (Å²) in [5.74, 6) is 0.786. The number of anilines is 2. The first-order chi connectivity index (χ1) is 6.13. The second kappa shape index (κ2) is 4.03. The van der Waals surface area contributed by atoms with Gasteiger partial charge in [0.2, 0.25) is 0 Å². The van der Waals surface area contributed by atoms with E-state index >= 15 is 0 Å². The van der Waals surface area contributed by atoms with Crippen molar-refractivity contribution in [2.24, 2.45) is 0 Å². The number of rotatable bonds is 3. The number of hydrogen-bond acceptors (Lipinski definition) is 3. The van der Waals surface area contributed by atoms with Crippen molar-refractivity contribution < 1.29 is 4.74 Å². The third-order valence-corrected chi connectivity index (χ3v) is 1.67. The van der Waals surface area contributed by atoms with Gasteiger partial charge in [-0.3, -0.25) is 0 Å². The molecule has 0 radical (unpaired) electrons. The van der Waals surface area contributed by atoms with Crippen molar-refractivity contribution in [1.29, 1.82) is 0 Å². The van der Waals surface area contributed by atoms with E-state index in [0.29, 0.717) is 11.7 Å². The van der Waals surface area contributed by atoms with E-state index in [4.69, 9.17) is 10.5 Å². The first kappa shape index (κ1) is 9.71. The molecule has 3 nitrogen and oxygen atoms in total. The van der Waals surface area contributed by atoms with Gasteiger partial charge in [-0.2, -0.15) is 0 Å². The Morgan fingerprint density at radius 2 is 2.08 bits per heavy atom. The van der Waals surface area contributed by atoms with Crippen LogP contribution in [-0.4, -0.2) is 13.2 Å². The summed E-state index contributed by atoms with van der Waals surface area (Å²) >= 11 is 0. The quantitative estimate of drug-likeness (QED) is 0.700. The molecule has 0 amide bonds. The smallest absolute Gasteiger partial charge is 0.144 e. The Labute approximate surface area is 78.9 Å². The lowest BCUT2D eigenvalue weighted by Crippen LogP contribution is -2.10. The van der Waals surface area contributed by atoms with Crippen molar-refractivity contribution in [1.82, 2.24) is 0 Å². The molecule has 0 aliphatic rings. The Kier molecular flexibility index (Phi) is 3.01. The summed E-state index contributed by atoms with van der Waals surface area (Å²) < 4.78 is 5.18. The maximum atomic E-state index is 5.63. The standard InChI is InChI=1S/C10H16N2O/c1-7(2)12-9-5-4-8(11)6-10(9)13-3/h4-7,12H,11H2,1-3H3. The molecule has 0 atom stereocenters. The van der Waals surface area contributed by atoms with Crippen molar-refractivity contribution in [2.75, 3.05) is 18.2 Å². The number of ether oxygens (including phenoxy) is 1. The molecule has 3 N–H and O–H groups in total. The van der Waals surface area contributed by atoms with Crippen LogP contribution in [0.25, 0.3) is 0 Å². The van der Waals surface area contributed by atoms with Crippen LogP contribution < -0.4 is 15.8 Å². The van der Waals surface area contributed by atoms with Crippen LogP contribution >= 0.6 is 0 Å². The SMILES string of the molecule is COc1cc(N)ccc1NC(C)C. The largest absolute Gasteiger partial charge is 0.495 e. The summed E-state index contributed by atoms with van der Waals surface area (Å²) in [6, 6.07) is 5.98. The number of nitrogens with two attached hydrogens (primary N) is 1. The molecule has 72 valence electrons. The predicted octanol–water partition coefficient (Wildman–Crippen LogP) is 2.10. The summed E-state index contributed by atoms with van der Waals surface area (Å²) in [5, 5.41) is 3.27. The van der Waals surface area contributed by atoms with E-state index in [2.05, 4.69) is 19.2 Å². The van der Waals surface area contributed by atoms with Gasteiger partial charge in [-0.1, -0.05) is 0 Å². The fourth-order valence-corrected chi connectivity index (χ4v) is 1.14. The average Bonchev–Trinajstić information content (AvgIpc) is 2.07. The molecule has 1 aromatic carbocycles. The van der Waals surface area contributed by atoms with Gasteiger partial charge in [-0.05, 0) is 26.0 Å². The number of hydrogen-bond donors (Lipinski definition) is 2. The van der Waals surface area contributed by atoms with Gasteiger partial charge in [0.15, 0.2) is 0 Å². The van der Waals surface area contributed by atoms with Crippen LogP contribution in [0.15, 0.2) is 18.2 Å². The average molecular weight is 180 g/mol. The minimum atomic E-state index is 0.387. The maximum Gasteiger partial charge on any atom is 0.144 e. The van der Waals surface area contributed by atoms with Crippen molar-refractivity contribution in [2.45, 2.75) is 19.9 Å². The zero-order chi connectivity index (χ0) is 9.84. The zero-order valence-corrected chi connectivity index (χ0v) is 8.29. The van der Waals surface area contributed by atoms with E-state index in [1.54, 1.807) is 7.11 Å². The molecule has 0 fully saturated rings. The molecule has 1 aromatic rings. The summed E-state index contributed by atoms with van der Waals surface area (Å²) in [4.78, 5) is 0. The Hall–Kier alpha value is -1.38. The topological polar surface area (TPSA) is 47.3 Å². The van der Waals surface area contributed by atoms with Gasteiger partial charge in [0, 0.05) is 17.8 Å². The monoisotopic (exact) mass is 180 g/mol.